The zero-order chi connectivity index (χ0) is 14.4. The SMILES string of the molecule is NCC#Cc1cc(F)ccc1C(=O)NN1CCCCC1. The Balaban J connectivity index is 2.15. The van der Waals surface area contributed by atoms with E-state index in [1.807, 2.05) is 5.01 Å². The summed E-state index contributed by atoms with van der Waals surface area (Å²) in [5.41, 5.74) is 8.90. The number of nitrogens with two attached hydrogens (primary N) is 1. The molecule has 3 N–H and O–H groups in total. The lowest BCUT2D eigenvalue weighted by Crippen LogP contribution is -2.45. The molecule has 0 atom stereocenters. The lowest BCUT2D eigenvalue weighted by Gasteiger charge is -2.26. The quantitative estimate of drug-likeness (QED) is 0.799. The second-order valence-corrected chi connectivity index (χ2v) is 4.68. The van der Waals surface area contributed by atoms with E-state index in [4.69, 9.17) is 5.73 Å². The summed E-state index contributed by atoms with van der Waals surface area (Å²) in [6.07, 6.45) is 3.34. The lowest BCUT2D eigenvalue weighted by atomic mass is 10.1. The number of nitrogens with one attached hydrogen (secondary N) is 1. The first-order valence-electron chi connectivity index (χ1n) is 6.75. The molecule has 106 valence electrons. The molecule has 0 unspecified atom stereocenters. The van der Waals surface area contributed by atoms with Gasteiger partial charge < -0.3 is 5.73 Å². The van der Waals surface area contributed by atoms with Crippen LogP contribution >= 0.6 is 0 Å². The highest BCUT2D eigenvalue weighted by Crippen LogP contribution is 2.12. The minimum absolute atomic E-state index is 0.170. The Bertz CT molecular complexity index is 542. The molecular formula is C15H18FN3O. The van der Waals surface area contributed by atoms with E-state index in [1.54, 1.807) is 0 Å². The molecule has 1 amide bonds. The topological polar surface area (TPSA) is 58.4 Å². The number of piperidine rings is 1. The number of nitrogens with zero attached hydrogens (tertiary/aromatic N) is 1. The highest BCUT2D eigenvalue weighted by Gasteiger charge is 2.16. The number of hydrogen-bond acceptors (Lipinski definition) is 3. The Morgan fingerprint density at radius 3 is 2.80 bits per heavy atom. The smallest absolute Gasteiger partial charge is 0.266 e. The van der Waals surface area contributed by atoms with Gasteiger partial charge >= 0.3 is 0 Å². The molecule has 2 rings (SSSR count). The molecule has 1 heterocycles. The molecule has 0 radical (unpaired) electrons. The fourth-order valence-corrected chi connectivity index (χ4v) is 2.17. The monoisotopic (exact) mass is 275 g/mol. The summed E-state index contributed by atoms with van der Waals surface area (Å²) in [5.74, 6) is 4.71. The fourth-order valence-electron chi connectivity index (χ4n) is 2.17. The fraction of sp³-hybridized carbons (Fsp3) is 0.400. The molecule has 1 aromatic rings. The van der Waals surface area contributed by atoms with Crippen LogP contribution in [0.1, 0.15) is 35.2 Å². The van der Waals surface area contributed by atoms with Gasteiger partial charge in [0.15, 0.2) is 0 Å². The molecule has 1 aliphatic rings. The first-order valence-corrected chi connectivity index (χ1v) is 6.75. The van der Waals surface area contributed by atoms with E-state index < -0.39 is 5.82 Å². The summed E-state index contributed by atoms with van der Waals surface area (Å²) in [5, 5.41) is 1.90. The number of carbonyl (C=O) groups is 1. The minimum atomic E-state index is -0.416. The van der Waals surface area contributed by atoms with Crippen LogP contribution in [0.2, 0.25) is 0 Å². The maximum absolute atomic E-state index is 13.3. The van der Waals surface area contributed by atoms with E-state index in [2.05, 4.69) is 17.3 Å². The van der Waals surface area contributed by atoms with Gasteiger partial charge in [-0.05, 0) is 31.0 Å². The molecule has 0 bridgehead atoms. The van der Waals surface area contributed by atoms with Crippen molar-refractivity contribution in [3.63, 3.8) is 0 Å². The van der Waals surface area contributed by atoms with Gasteiger partial charge in [0.1, 0.15) is 5.82 Å². The van der Waals surface area contributed by atoms with E-state index >= 15 is 0 Å². The Morgan fingerprint density at radius 2 is 2.10 bits per heavy atom. The predicted molar refractivity (Wildman–Crippen MR) is 75.2 cm³/mol. The lowest BCUT2D eigenvalue weighted by molar-refractivity contribution is 0.0750. The van der Waals surface area contributed by atoms with Gasteiger partial charge in [-0.15, -0.1) is 0 Å². The van der Waals surface area contributed by atoms with Crippen molar-refractivity contribution in [2.75, 3.05) is 19.6 Å². The van der Waals surface area contributed by atoms with Gasteiger partial charge in [0, 0.05) is 18.7 Å². The highest BCUT2D eigenvalue weighted by atomic mass is 19.1. The summed E-state index contributed by atoms with van der Waals surface area (Å²) >= 11 is 0. The summed E-state index contributed by atoms with van der Waals surface area (Å²) in [7, 11) is 0. The largest absolute Gasteiger partial charge is 0.320 e. The molecule has 0 aromatic heterocycles. The highest BCUT2D eigenvalue weighted by molar-refractivity contribution is 5.96. The molecule has 0 saturated carbocycles. The van der Waals surface area contributed by atoms with Crippen LogP contribution in [0.3, 0.4) is 0 Å². The van der Waals surface area contributed by atoms with Gasteiger partial charge in [0.2, 0.25) is 0 Å². The Labute approximate surface area is 118 Å². The summed E-state index contributed by atoms with van der Waals surface area (Å²) in [6, 6.07) is 3.97. The Hall–Kier alpha value is -1.90. The van der Waals surface area contributed by atoms with Gasteiger partial charge in [-0.3, -0.25) is 10.2 Å². The first kappa shape index (κ1) is 14.5. The van der Waals surface area contributed by atoms with Crippen LogP contribution in [0.25, 0.3) is 0 Å². The van der Waals surface area contributed by atoms with Crippen molar-refractivity contribution >= 4 is 5.91 Å². The third-order valence-corrected chi connectivity index (χ3v) is 3.17. The Kier molecular flexibility index (Phi) is 5.10. The molecule has 1 saturated heterocycles. The Morgan fingerprint density at radius 1 is 1.35 bits per heavy atom. The van der Waals surface area contributed by atoms with Crippen LogP contribution in [0, 0.1) is 17.7 Å². The third kappa shape index (κ3) is 3.80. The summed E-state index contributed by atoms with van der Waals surface area (Å²) in [6.45, 7) is 1.86. The summed E-state index contributed by atoms with van der Waals surface area (Å²) < 4.78 is 13.3. The number of amides is 1. The molecule has 1 aromatic carbocycles. The average Bonchev–Trinajstić information content (AvgIpc) is 2.46. The molecule has 20 heavy (non-hydrogen) atoms. The van der Waals surface area contributed by atoms with Gasteiger partial charge in [0.25, 0.3) is 5.91 Å². The van der Waals surface area contributed by atoms with Gasteiger partial charge in [-0.2, -0.15) is 0 Å². The van der Waals surface area contributed by atoms with Crippen molar-refractivity contribution in [2.24, 2.45) is 5.73 Å². The third-order valence-electron chi connectivity index (χ3n) is 3.17. The number of halogens is 1. The van der Waals surface area contributed by atoms with Gasteiger partial charge in [0.05, 0.1) is 12.1 Å². The van der Waals surface area contributed by atoms with Crippen molar-refractivity contribution in [2.45, 2.75) is 19.3 Å². The van der Waals surface area contributed by atoms with E-state index in [0.717, 1.165) is 25.9 Å². The molecule has 0 spiro atoms. The summed E-state index contributed by atoms with van der Waals surface area (Å²) in [4.78, 5) is 12.2. The molecule has 1 fully saturated rings. The average molecular weight is 275 g/mol. The molecule has 0 aliphatic carbocycles. The van der Waals surface area contributed by atoms with Crippen LogP contribution in [-0.2, 0) is 0 Å². The zero-order valence-corrected chi connectivity index (χ0v) is 11.3. The molecule has 5 heteroatoms. The van der Waals surface area contributed by atoms with Crippen molar-refractivity contribution in [3.8, 4) is 11.8 Å². The molecule has 4 nitrogen and oxygen atoms in total. The van der Waals surface area contributed by atoms with Gasteiger partial charge in [-0.1, -0.05) is 18.3 Å². The maximum Gasteiger partial charge on any atom is 0.266 e. The van der Waals surface area contributed by atoms with Crippen molar-refractivity contribution in [1.29, 1.82) is 0 Å². The van der Waals surface area contributed by atoms with E-state index in [1.165, 1.54) is 24.6 Å². The van der Waals surface area contributed by atoms with Crippen LogP contribution < -0.4 is 11.2 Å². The molecular weight excluding hydrogens is 257 g/mol. The second kappa shape index (κ2) is 7.04. The minimum Gasteiger partial charge on any atom is -0.320 e. The normalized spacial score (nSPS) is 15.3. The number of hydrazine groups is 1. The van der Waals surface area contributed by atoms with Crippen LogP contribution in [0.15, 0.2) is 18.2 Å². The van der Waals surface area contributed by atoms with E-state index in [-0.39, 0.29) is 12.5 Å². The molecule has 1 aliphatic heterocycles. The maximum atomic E-state index is 13.3. The van der Waals surface area contributed by atoms with Crippen molar-refractivity contribution < 1.29 is 9.18 Å². The first-order chi connectivity index (χ1) is 9.70. The van der Waals surface area contributed by atoms with Crippen LogP contribution in [0.4, 0.5) is 4.39 Å². The van der Waals surface area contributed by atoms with Crippen molar-refractivity contribution in [1.82, 2.24) is 10.4 Å². The van der Waals surface area contributed by atoms with Crippen LogP contribution in [-0.4, -0.2) is 30.6 Å². The second-order valence-electron chi connectivity index (χ2n) is 4.68. The number of benzene rings is 1. The number of rotatable bonds is 2. The van der Waals surface area contributed by atoms with E-state index in [9.17, 15) is 9.18 Å². The van der Waals surface area contributed by atoms with Crippen LogP contribution in [0.5, 0.6) is 0 Å². The number of hydrogen-bond donors (Lipinski definition) is 2. The van der Waals surface area contributed by atoms with Crippen molar-refractivity contribution in [3.05, 3.63) is 35.1 Å². The van der Waals surface area contributed by atoms with E-state index in [0.29, 0.717) is 11.1 Å². The zero-order valence-electron chi connectivity index (χ0n) is 11.3. The standard InChI is InChI=1S/C15H18FN3O/c16-13-6-7-14(12(11-13)5-4-8-17)15(20)18-19-9-2-1-3-10-19/h6-7,11H,1-3,8-10,17H2,(H,18,20). The number of carbonyl (C=O) groups excluding carboxylic acids is 1. The van der Waals surface area contributed by atoms with Gasteiger partial charge in [-0.25, -0.2) is 9.40 Å². The predicted octanol–water partition coefficient (Wildman–Crippen LogP) is 1.27.